The average Bonchev–Trinajstić information content (AvgIpc) is 3.20. The molecule has 0 aliphatic heterocycles. The number of rotatable bonds is 4. The molecule has 2 N–H and O–H groups in total. The maximum atomic E-state index is 12.1. The van der Waals surface area contributed by atoms with E-state index in [1.165, 1.54) is 29.2 Å². The Balaban J connectivity index is 0.00000228. The fourth-order valence-electron chi connectivity index (χ4n) is 4.83. The van der Waals surface area contributed by atoms with Crippen molar-refractivity contribution in [3.05, 3.63) is 89.0 Å². The van der Waals surface area contributed by atoms with E-state index < -0.39 is 0 Å². The summed E-state index contributed by atoms with van der Waals surface area (Å²) < 4.78 is 1.52. The van der Waals surface area contributed by atoms with Gasteiger partial charge in [-0.15, -0.1) is 0 Å². The number of H-pyrrole nitrogens is 1. The van der Waals surface area contributed by atoms with Crippen LogP contribution in [0.4, 0.5) is 0 Å². The van der Waals surface area contributed by atoms with Crippen LogP contribution in [0.15, 0.2) is 77.7 Å². The predicted octanol–water partition coefficient (Wildman–Crippen LogP) is 5.14. The van der Waals surface area contributed by atoms with Crippen molar-refractivity contribution in [1.29, 1.82) is 0 Å². The summed E-state index contributed by atoms with van der Waals surface area (Å²) in [6, 6.07) is 23.0. The molecule has 0 saturated heterocycles. The highest BCUT2D eigenvalue weighted by molar-refractivity contribution is 5.98. The van der Waals surface area contributed by atoms with E-state index >= 15 is 0 Å². The first-order chi connectivity index (χ1) is 15.7. The molecule has 0 radical (unpaired) electrons. The van der Waals surface area contributed by atoms with Crippen LogP contribution >= 0.6 is 0 Å². The van der Waals surface area contributed by atoms with Crippen molar-refractivity contribution in [2.24, 2.45) is 0 Å². The topological polar surface area (TPSA) is 75.1 Å². The van der Waals surface area contributed by atoms with Crippen LogP contribution in [0.5, 0.6) is 0 Å². The Bertz CT molecular complexity index is 1490. The smallest absolute Gasteiger partial charge is 0.310 e. The van der Waals surface area contributed by atoms with Crippen LogP contribution in [0.1, 0.15) is 32.3 Å². The van der Waals surface area contributed by atoms with Gasteiger partial charge in [-0.1, -0.05) is 62.0 Å². The van der Waals surface area contributed by atoms with Crippen LogP contribution in [-0.4, -0.2) is 26.6 Å². The van der Waals surface area contributed by atoms with E-state index in [-0.39, 0.29) is 18.7 Å². The van der Waals surface area contributed by atoms with Gasteiger partial charge in [0.25, 0.3) is 0 Å². The fourth-order valence-corrected chi connectivity index (χ4v) is 4.83. The minimum absolute atomic E-state index is 0. The lowest BCUT2D eigenvalue weighted by Crippen LogP contribution is -2.45. The van der Waals surface area contributed by atoms with E-state index in [1.54, 1.807) is 6.20 Å². The number of benzene rings is 2. The zero-order valence-electron chi connectivity index (χ0n) is 17.8. The molecule has 1 fully saturated rings. The summed E-state index contributed by atoms with van der Waals surface area (Å²) in [6.45, 7) is 0. The van der Waals surface area contributed by atoms with Crippen LogP contribution in [0.2, 0.25) is 0 Å². The van der Waals surface area contributed by atoms with Crippen molar-refractivity contribution >= 4 is 16.6 Å². The lowest BCUT2D eigenvalue weighted by molar-refractivity contribution is 0.201. The van der Waals surface area contributed by atoms with Gasteiger partial charge >= 0.3 is 5.69 Å². The van der Waals surface area contributed by atoms with Crippen LogP contribution in [0.25, 0.3) is 38.9 Å². The Kier molecular flexibility index (Phi) is 5.10. The second-order valence-electron chi connectivity index (χ2n) is 8.48. The number of nitrogens with one attached hydrogen (secondary N) is 2. The zero-order valence-corrected chi connectivity index (χ0v) is 17.8. The van der Waals surface area contributed by atoms with Gasteiger partial charge in [0.05, 0.1) is 11.2 Å². The monoisotopic (exact) mass is 437 g/mol. The standard InChI is InChI=1S/C26H23N5O.CH4/c1-27-26(13-5-14-26)19-10-8-18(9-11-19)23-20(17-6-3-2-4-7-17)16-21-22(28-23)12-15-31-24(21)29-30-25(31)32;/h2-4,6-12,15-16,27H,5,13-14H2,1H3,(H,30,32);1H4. The Morgan fingerprint density at radius 2 is 1.76 bits per heavy atom. The SMILES string of the molecule is C.CNC1(c2ccc(-c3nc4ccn5c(=O)[nH]nc5c4cc3-c3ccccc3)cc2)CCC1. The van der Waals surface area contributed by atoms with Crippen LogP contribution < -0.4 is 11.0 Å². The number of fused-ring (bicyclic) bond motifs is 3. The van der Waals surface area contributed by atoms with Gasteiger partial charge in [-0.25, -0.2) is 19.3 Å². The molecule has 0 spiro atoms. The molecule has 6 heteroatoms. The van der Waals surface area contributed by atoms with Gasteiger partial charge in [0.1, 0.15) is 0 Å². The van der Waals surface area contributed by atoms with Gasteiger partial charge in [-0.2, -0.15) is 5.10 Å². The Hall–Kier alpha value is -3.77. The number of pyridine rings is 2. The highest BCUT2D eigenvalue weighted by Crippen LogP contribution is 2.42. The van der Waals surface area contributed by atoms with E-state index in [1.807, 2.05) is 31.3 Å². The predicted molar refractivity (Wildman–Crippen MR) is 133 cm³/mol. The molecule has 166 valence electrons. The second-order valence-corrected chi connectivity index (χ2v) is 8.48. The average molecular weight is 438 g/mol. The minimum atomic E-state index is -0.253. The summed E-state index contributed by atoms with van der Waals surface area (Å²) in [5, 5.41) is 11.1. The fraction of sp³-hybridized carbons (Fsp3) is 0.222. The van der Waals surface area contributed by atoms with Gasteiger partial charge in [-0.05, 0) is 49.6 Å². The largest absolute Gasteiger partial charge is 0.347 e. The third kappa shape index (κ3) is 3.26. The molecule has 1 aliphatic rings. The quantitative estimate of drug-likeness (QED) is 0.408. The minimum Gasteiger partial charge on any atom is -0.310 e. The van der Waals surface area contributed by atoms with Crippen molar-refractivity contribution in [1.82, 2.24) is 24.9 Å². The molecule has 3 aromatic heterocycles. The summed E-state index contributed by atoms with van der Waals surface area (Å²) in [7, 11) is 2.05. The molecule has 1 saturated carbocycles. The second kappa shape index (κ2) is 7.98. The van der Waals surface area contributed by atoms with Crippen molar-refractivity contribution in [2.45, 2.75) is 32.2 Å². The molecule has 3 heterocycles. The Labute approximate surface area is 192 Å². The molecule has 0 amide bonds. The van der Waals surface area contributed by atoms with Gasteiger partial charge in [0, 0.05) is 28.2 Å². The number of nitrogens with zero attached hydrogens (tertiary/aromatic N) is 3. The van der Waals surface area contributed by atoms with Crippen molar-refractivity contribution in [2.75, 3.05) is 7.05 Å². The van der Waals surface area contributed by atoms with Gasteiger partial charge in [0.2, 0.25) is 0 Å². The maximum Gasteiger partial charge on any atom is 0.347 e. The van der Waals surface area contributed by atoms with Gasteiger partial charge in [-0.3, -0.25) is 0 Å². The molecule has 2 aromatic carbocycles. The van der Waals surface area contributed by atoms with Crippen LogP contribution in [0, 0.1) is 0 Å². The van der Waals surface area contributed by atoms with Crippen molar-refractivity contribution in [3.63, 3.8) is 0 Å². The first kappa shape index (κ1) is 21.1. The molecule has 6 nitrogen and oxygen atoms in total. The molecule has 1 aliphatic carbocycles. The number of hydrogen-bond donors (Lipinski definition) is 2. The van der Waals surface area contributed by atoms with E-state index in [0.717, 1.165) is 33.3 Å². The normalized spacial score (nSPS) is 14.7. The molecule has 0 bridgehead atoms. The molecule has 33 heavy (non-hydrogen) atoms. The van der Waals surface area contributed by atoms with Gasteiger partial charge < -0.3 is 5.32 Å². The molecule has 6 rings (SSSR count). The number of aromatic nitrogens is 4. The first-order valence-corrected chi connectivity index (χ1v) is 10.9. The van der Waals surface area contributed by atoms with E-state index in [2.05, 4.69) is 58.0 Å². The Morgan fingerprint density at radius 3 is 2.42 bits per heavy atom. The summed E-state index contributed by atoms with van der Waals surface area (Å²) >= 11 is 0. The molecular formula is C27H27N5O. The molecule has 5 aromatic rings. The highest BCUT2D eigenvalue weighted by atomic mass is 16.1. The lowest BCUT2D eigenvalue weighted by Gasteiger charge is -2.42. The molecule has 0 atom stereocenters. The van der Waals surface area contributed by atoms with Crippen molar-refractivity contribution < 1.29 is 0 Å². The van der Waals surface area contributed by atoms with Crippen molar-refractivity contribution in [3.8, 4) is 22.4 Å². The van der Waals surface area contributed by atoms with E-state index in [0.29, 0.717) is 5.65 Å². The lowest BCUT2D eigenvalue weighted by atomic mass is 9.72. The highest BCUT2D eigenvalue weighted by Gasteiger charge is 2.36. The van der Waals surface area contributed by atoms with E-state index in [9.17, 15) is 4.79 Å². The number of hydrogen-bond acceptors (Lipinski definition) is 4. The van der Waals surface area contributed by atoms with Crippen LogP contribution in [-0.2, 0) is 5.54 Å². The Morgan fingerprint density at radius 1 is 1.00 bits per heavy atom. The maximum absolute atomic E-state index is 12.1. The molecular weight excluding hydrogens is 410 g/mol. The summed E-state index contributed by atoms with van der Waals surface area (Å²) in [5.41, 5.74) is 6.65. The first-order valence-electron chi connectivity index (χ1n) is 10.9. The number of aromatic amines is 1. The summed E-state index contributed by atoms with van der Waals surface area (Å²) in [6.07, 6.45) is 5.33. The van der Waals surface area contributed by atoms with Gasteiger partial charge in [0.15, 0.2) is 5.65 Å². The third-order valence-electron chi connectivity index (χ3n) is 6.86. The van der Waals surface area contributed by atoms with Crippen LogP contribution in [0.3, 0.4) is 0 Å². The zero-order chi connectivity index (χ0) is 21.7. The molecule has 0 unspecified atom stereocenters. The van der Waals surface area contributed by atoms with E-state index in [4.69, 9.17) is 4.98 Å². The summed E-state index contributed by atoms with van der Waals surface area (Å²) in [5.74, 6) is 0. The third-order valence-corrected chi connectivity index (χ3v) is 6.86. The summed E-state index contributed by atoms with van der Waals surface area (Å²) in [4.78, 5) is 17.1.